The van der Waals surface area contributed by atoms with Gasteiger partial charge < -0.3 is 5.32 Å². The van der Waals surface area contributed by atoms with Gasteiger partial charge in [0, 0.05) is 18.9 Å². The molecule has 1 heterocycles. The first kappa shape index (κ1) is 14.3. The van der Waals surface area contributed by atoms with Crippen LogP contribution in [0.2, 0.25) is 0 Å². The second kappa shape index (κ2) is 5.50. The molecule has 0 aliphatic heterocycles. The lowest BCUT2D eigenvalue weighted by atomic mass is 10.1. The maximum absolute atomic E-state index is 12.5. The minimum atomic E-state index is -3.64. The number of hydrogen-bond donors (Lipinski definition) is 2. The van der Waals surface area contributed by atoms with Gasteiger partial charge in [0.05, 0.1) is 4.90 Å². The van der Waals surface area contributed by atoms with Gasteiger partial charge in [0.1, 0.15) is 5.82 Å². The van der Waals surface area contributed by atoms with Crippen LogP contribution in [-0.4, -0.2) is 20.4 Å². The van der Waals surface area contributed by atoms with Crippen LogP contribution < -0.4 is 10.0 Å². The monoisotopic (exact) mass is 291 g/mol. The van der Waals surface area contributed by atoms with Gasteiger partial charge in [0.15, 0.2) is 0 Å². The Morgan fingerprint density at radius 2 is 1.75 bits per heavy atom. The third-order valence-corrected chi connectivity index (χ3v) is 4.58. The molecule has 5 nitrogen and oxygen atoms in total. The van der Waals surface area contributed by atoms with Crippen LogP contribution >= 0.6 is 0 Å². The summed E-state index contributed by atoms with van der Waals surface area (Å²) < 4.78 is 27.4. The van der Waals surface area contributed by atoms with E-state index >= 15 is 0 Å². The lowest BCUT2D eigenvalue weighted by Gasteiger charge is -2.14. The topological polar surface area (TPSA) is 71.1 Å². The van der Waals surface area contributed by atoms with Crippen molar-refractivity contribution in [2.45, 2.75) is 18.7 Å². The Kier molecular flexibility index (Phi) is 3.94. The summed E-state index contributed by atoms with van der Waals surface area (Å²) in [6, 6.07) is 8.69. The molecule has 0 amide bonds. The summed E-state index contributed by atoms with van der Waals surface area (Å²) in [5.74, 6) is 0.309. The molecule has 0 radical (unpaired) electrons. The number of pyridine rings is 1. The van der Waals surface area contributed by atoms with Crippen LogP contribution in [0, 0.1) is 13.8 Å². The third kappa shape index (κ3) is 2.91. The van der Waals surface area contributed by atoms with Crippen LogP contribution in [-0.2, 0) is 10.0 Å². The minimum absolute atomic E-state index is 0.294. The molecule has 1 aromatic carbocycles. The molecule has 2 rings (SSSR count). The van der Waals surface area contributed by atoms with Crippen molar-refractivity contribution in [3.63, 3.8) is 0 Å². The summed E-state index contributed by atoms with van der Waals surface area (Å²) in [5.41, 5.74) is 2.27. The van der Waals surface area contributed by atoms with Crippen molar-refractivity contribution in [3.05, 3.63) is 47.7 Å². The SMILES string of the molecule is CNc1cc(C)c(S(=O)(=O)Nc2ccccn2)c(C)c1. The van der Waals surface area contributed by atoms with Gasteiger partial charge in [-0.1, -0.05) is 6.07 Å². The van der Waals surface area contributed by atoms with Crippen LogP contribution in [0.5, 0.6) is 0 Å². The van der Waals surface area contributed by atoms with Gasteiger partial charge in [-0.3, -0.25) is 4.72 Å². The molecule has 0 saturated carbocycles. The summed E-state index contributed by atoms with van der Waals surface area (Å²) in [5, 5.41) is 3.01. The van der Waals surface area contributed by atoms with E-state index in [0.29, 0.717) is 21.8 Å². The highest BCUT2D eigenvalue weighted by Crippen LogP contribution is 2.25. The van der Waals surface area contributed by atoms with E-state index in [0.717, 1.165) is 5.69 Å². The molecule has 0 atom stereocenters. The van der Waals surface area contributed by atoms with Gasteiger partial charge in [0.2, 0.25) is 0 Å². The van der Waals surface area contributed by atoms with Crippen LogP contribution in [0.1, 0.15) is 11.1 Å². The van der Waals surface area contributed by atoms with Gasteiger partial charge in [0.25, 0.3) is 10.0 Å². The van der Waals surface area contributed by atoms with Crippen molar-refractivity contribution in [2.24, 2.45) is 0 Å². The second-order valence-corrected chi connectivity index (χ2v) is 6.13. The fraction of sp³-hybridized carbons (Fsp3) is 0.214. The first-order chi connectivity index (χ1) is 9.44. The molecule has 2 N–H and O–H groups in total. The average molecular weight is 291 g/mol. The Hall–Kier alpha value is -2.08. The molecular formula is C14H17N3O2S. The highest BCUT2D eigenvalue weighted by Gasteiger charge is 2.20. The van der Waals surface area contributed by atoms with E-state index in [1.165, 1.54) is 0 Å². The maximum Gasteiger partial charge on any atom is 0.263 e. The van der Waals surface area contributed by atoms with Crippen molar-refractivity contribution in [2.75, 3.05) is 17.1 Å². The van der Waals surface area contributed by atoms with Gasteiger partial charge in [-0.25, -0.2) is 13.4 Å². The lowest BCUT2D eigenvalue weighted by molar-refractivity contribution is 0.600. The Morgan fingerprint density at radius 3 is 2.25 bits per heavy atom. The van der Waals surface area contributed by atoms with Crippen LogP contribution in [0.3, 0.4) is 0 Å². The number of sulfonamides is 1. The highest BCUT2D eigenvalue weighted by atomic mass is 32.2. The quantitative estimate of drug-likeness (QED) is 0.908. The lowest BCUT2D eigenvalue weighted by Crippen LogP contribution is -2.16. The fourth-order valence-corrected chi connectivity index (χ4v) is 3.59. The first-order valence-electron chi connectivity index (χ1n) is 6.17. The van der Waals surface area contributed by atoms with Crippen molar-refractivity contribution >= 4 is 21.5 Å². The standard InChI is InChI=1S/C14H17N3O2S/c1-10-8-12(15-3)9-11(2)14(10)20(18,19)17-13-6-4-5-7-16-13/h4-9,15H,1-3H3,(H,16,17). The zero-order chi connectivity index (χ0) is 14.8. The van der Waals surface area contributed by atoms with E-state index in [-0.39, 0.29) is 0 Å². The average Bonchev–Trinajstić information content (AvgIpc) is 2.37. The van der Waals surface area contributed by atoms with Crippen LogP contribution in [0.25, 0.3) is 0 Å². The summed E-state index contributed by atoms with van der Waals surface area (Å²) in [7, 11) is -1.84. The van der Waals surface area contributed by atoms with Gasteiger partial charge in [-0.15, -0.1) is 0 Å². The zero-order valence-corrected chi connectivity index (χ0v) is 12.5. The number of aryl methyl sites for hydroxylation is 2. The van der Waals surface area contributed by atoms with E-state index in [4.69, 9.17) is 0 Å². The molecule has 0 aliphatic carbocycles. The normalized spacial score (nSPS) is 11.2. The number of nitrogens with zero attached hydrogens (tertiary/aromatic N) is 1. The predicted octanol–water partition coefficient (Wildman–Crippen LogP) is 2.54. The maximum atomic E-state index is 12.5. The molecule has 0 saturated heterocycles. The summed E-state index contributed by atoms with van der Waals surface area (Å²) >= 11 is 0. The van der Waals surface area contributed by atoms with E-state index in [1.54, 1.807) is 57.4 Å². The van der Waals surface area contributed by atoms with Crippen LogP contribution in [0.4, 0.5) is 11.5 Å². The molecule has 1 aromatic heterocycles. The van der Waals surface area contributed by atoms with Crippen molar-refractivity contribution in [1.29, 1.82) is 0 Å². The number of nitrogens with one attached hydrogen (secondary N) is 2. The minimum Gasteiger partial charge on any atom is -0.388 e. The fourth-order valence-electron chi connectivity index (χ4n) is 2.13. The van der Waals surface area contributed by atoms with Gasteiger partial charge >= 0.3 is 0 Å². The predicted molar refractivity (Wildman–Crippen MR) is 80.5 cm³/mol. The summed E-state index contributed by atoms with van der Waals surface area (Å²) in [6.07, 6.45) is 1.54. The highest BCUT2D eigenvalue weighted by molar-refractivity contribution is 7.92. The summed E-state index contributed by atoms with van der Waals surface area (Å²) in [6.45, 7) is 3.56. The molecule has 106 valence electrons. The molecule has 0 fully saturated rings. The van der Waals surface area contributed by atoms with Crippen molar-refractivity contribution in [3.8, 4) is 0 Å². The molecule has 0 bridgehead atoms. The summed E-state index contributed by atoms with van der Waals surface area (Å²) in [4.78, 5) is 4.27. The molecule has 0 aliphatic rings. The molecule has 2 aromatic rings. The number of hydrogen-bond acceptors (Lipinski definition) is 4. The molecule has 0 unspecified atom stereocenters. The third-order valence-electron chi connectivity index (χ3n) is 2.92. The second-order valence-electron chi connectivity index (χ2n) is 4.51. The largest absolute Gasteiger partial charge is 0.388 e. The van der Waals surface area contributed by atoms with Crippen LogP contribution in [0.15, 0.2) is 41.4 Å². The Labute approximate surface area is 119 Å². The molecule has 6 heteroatoms. The molecule has 20 heavy (non-hydrogen) atoms. The number of anilines is 2. The Bertz CT molecular complexity index is 689. The zero-order valence-electron chi connectivity index (χ0n) is 11.6. The first-order valence-corrected chi connectivity index (χ1v) is 7.65. The number of aromatic nitrogens is 1. The van der Waals surface area contributed by atoms with E-state index in [9.17, 15) is 8.42 Å². The van der Waals surface area contributed by atoms with Gasteiger partial charge in [-0.2, -0.15) is 0 Å². The van der Waals surface area contributed by atoms with E-state index < -0.39 is 10.0 Å². The van der Waals surface area contributed by atoms with E-state index in [1.807, 2.05) is 0 Å². The molecule has 0 spiro atoms. The number of rotatable bonds is 4. The molecular weight excluding hydrogens is 274 g/mol. The van der Waals surface area contributed by atoms with E-state index in [2.05, 4.69) is 15.0 Å². The number of benzene rings is 1. The van der Waals surface area contributed by atoms with Gasteiger partial charge in [-0.05, 0) is 49.2 Å². The van der Waals surface area contributed by atoms with Crippen molar-refractivity contribution in [1.82, 2.24) is 4.98 Å². The Balaban J connectivity index is 2.45. The smallest absolute Gasteiger partial charge is 0.263 e. The van der Waals surface area contributed by atoms with Crippen molar-refractivity contribution < 1.29 is 8.42 Å². The Morgan fingerprint density at radius 1 is 1.10 bits per heavy atom.